The van der Waals surface area contributed by atoms with Crippen molar-refractivity contribution >= 4 is 0 Å². The maximum absolute atomic E-state index is 10.9. The summed E-state index contributed by atoms with van der Waals surface area (Å²) >= 11 is 0. The molecule has 3 rings (SSSR count). The average molecular weight is 237 g/mol. The number of fused-ring (bicyclic) bond motifs is 2. The Kier molecular flexibility index (Phi) is 3.20. The van der Waals surface area contributed by atoms with Crippen molar-refractivity contribution < 1.29 is 5.11 Å². The Morgan fingerprint density at radius 3 is 2.18 bits per heavy atom. The number of rotatable bonds is 2. The quantitative estimate of drug-likeness (QED) is 0.798. The van der Waals surface area contributed by atoms with E-state index in [0.717, 1.165) is 25.2 Å². The van der Waals surface area contributed by atoms with Gasteiger partial charge in [0, 0.05) is 12.1 Å². The monoisotopic (exact) mass is 237 g/mol. The van der Waals surface area contributed by atoms with E-state index in [4.69, 9.17) is 0 Å². The summed E-state index contributed by atoms with van der Waals surface area (Å²) in [6, 6.07) is 1.32. The van der Waals surface area contributed by atoms with Crippen LogP contribution in [0.1, 0.15) is 64.2 Å². The first kappa shape index (κ1) is 12.0. The van der Waals surface area contributed by atoms with E-state index in [-0.39, 0.29) is 5.60 Å². The molecule has 2 unspecified atom stereocenters. The first-order chi connectivity index (χ1) is 8.16. The summed E-state index contributed by atoms with van der Waals surface area (Å²) in [5, 5.41) is 10.9. The van der Waals surface area contributed by atoms with E-state index in [9.17, 15) is 5.11 Å². The smallest absolute Gasteiger partial charge is 0.0680 e. The molecule has 17 heavy (non-hydrogen) atoms. The van der Waals surface area contributed by atoms with Crippen molar-refractivity contribution in [2.75, 3.05) is 7.05 Å². The summed E-state index contributed by atoms with van der Waals surface area (Å²) in [5.74, 6) is 0.823. The van der Waals surface area contributed by atoms with Crippen LogP contribution in [0.5, 0.6) is 0 Å². The molecule has 2 aliphatic heterocycles. The molecule has 3 aliphatic rings. The van der Waals surface area contributed by atoms with Crippen LogP contribution in [0.4, 0.5) is 0 Å². The lowest BCUT2D eigenvalue weighted by Crippen LogP contribution is -2.56. The molecule has 3 fully saturated rings. The summed E-state index contributed by atoms with van der Waals surface area (Å²) in [7, 11) is 2.27. The molecule has 0 amide bonds. The highest BCUT2D eigenvalue weighted by molar-refractivity contribution is 4.99. The maximum Gasteiger partial charge on any atom is 0.0680 e. The Morgan fingerprint density at radius 1 is 1.00 bits per heavy atom. The second kappa shape index (κ2) is 4.55. The van der Waals surface area contributed by atoms with Gasteiger partial charge in [-0.1, -0.05) is 32.1 Å². The van der Waals surface area contributed by atoms with E-state index in [2.05, 4.69) is 11.9 Å². The lowest BCUT2D eigenvalue weighted by molar-refractivity contribution is -0.0939. The molecule has 2 atom stereocenters. The molecular formula is C15H27NO. The van der Waals surface area contributed by atoms with Gasteiger partial charge in [-0.15, -0.1) is 0 Å². The summed E-state index contributed by atoms with van der Waals surface area (Å²) in [6.45, 7) is 0. The van der Waals surface area contributed by atoms with Crippen molar-refractivity contribution in [3.8, 4) is 0 Å². The summed E-state index contributed by atoms with van der Waals surface area (Å²) in [5.41, 5.74) is -0.322. The minimum absolute atomic E-state index is 0.322. The minimum atomic E-state index is -0.322. The third kappa shape index (κ3) is 2.39. The second-order valence-corrected chi connectivity index (χ2v) is 6.89. The molecule has 2 saturated heterocycles. The zero-order valence-corrected chi connectivity index (χ0v) is 11.2. The lowest BCUT2D eigenvalue weighted by atomic mass is 9.72. The van der Waals surface area contributed by atoms with E-state index in [0.29, 0.717) is 12.1 Å². The first-order valence-corrected chi connectivity index (χ1v) is 7.61. The maximum atomic E-state index is 10.9. The molecule has 98 valence electrons. The van der Waals surface area contributed by atoms with Crippen LogP contribution >= 0.6 is 0 Å². The van der Waals surface area contributed by atoms with Gasteiger partial charge in [-0.05, 0) is 45.1 Å². The van der Waals surface area contributed by atoms with E-state index in [1.165, 1.54) is 44.9 Å². The Balaban J connectivity index is 1.66. The van der Waals surface area contributed by atoms with Crippen molar-refractivity contribution in [2.24, 2.45) is 5.92 Å². The zero-order valence-electron chi connectivity index (χ0n) is 11.2. The van der Waals surface area contributed by atoms with Crippen molar-refractivity contribution in [2.45, 2.75) is 81.9 Å². The van der Waals surface area contributed by atoms with Crippen LogP contribution in [0.3, 0.4) is 0 Å². The Morgan fingerprint density at radius 2 is 1.59 bits per heavy atom. The standard InChI is InChI=1S/C15H27NO/c1-16-13-7-4-8-14(16)11-15(17,10-13)9-12-5-2-3-6-12/h12-14,17H,2-11H2,1H3. The van der Waals surface area contributed by atoms with Crippen LogP contribution < -0.4 is 0 Å². The largest absolute Gasteiger partial charge is 0.390 e. The molecule has 2 heteroatoms. The van der Waals surface area contributed by atoms with Gasteiger partial charge in [-0.2, -0.15) is 0 Å². The van der Waals surface area contributed by atoms with E-state index in [1.807, 2.05) is 0 Å². The van der Waals surface area contributed by atoms with Crippen LogP contribution in [0.2, 0.25) is 0 Å². The number of hydrogen-bond donors (Lipinski definition) is 1. The summed E-state index contributed by atoms with van der Waals surface area (Å²) in [6.07, 6.45) is 12.7. The predicted molar refractivity (Wildman–Crippen MR) is 69.9 cm³/mol. The second-order valence-electron chi connectivity index (χ2n) is 6.89. The predicted octanol–water partition coefficient (Wildman–Crippen LogP) is 2.94. The third-order valence-electron chi connectivity index (χ3n) is 5.60. The van der Waals surface area contributed by atoms with Gasteiger partial charge < -0.3 is 10.0 Å². The lowest BCUT2D eigenvalue weighted by Gasteiger charge is -2.51. The van der Waals surface area contributed by atoms with Crippen LogP contribution in [0.25, 0.3) is 0 Å². The molecule has 2 bridgehead atoms. The molecule has 0 radical (unpaired) electrons. The topological polar surface area (TPSA) is 23.5 Å². The molecule has 0 aromatic heterocycles. The SMILES string of the molecule is CN1C2CCCC1CC(O)(CC1CCCC1)C2. The van der Waals surface area contributed by atoms with Crippen LogP contribution in [0, 0.1) is 5.92 Å². The van der Waals surface area contributed by atoms with Crippen molar-refractivity contribution in [1.82, 2.24) is 4.90 Å². The van der Waals surface area contributed by atoms with Gasteiger partial charge >= 0.3 is 0 Å². The minimum Gasteiger partial charge on any atom is -0.390 e. The molecule has 0 aromatic rings. The van der Waals surface area contributed by atoms with Gasteiger partial charge in [0.15, 0.2) is 0 Å². The fraction of sp³-hybridized carbons (Fsp3) is 1.00. The fourth-order valence-electron chi connectivity index (χ4n) is 4.67. The van der Waals surface area contributed by atoms with Gasteiger partial charge in [-0.3, -0.25) is 0 Å². The molecule has 2 heterocycles. The average Bonchev–Trinajstić information content (AvgIpc) is 2.73. The normalized spacial score (nSPS) is 44.1. The number of hydrogen-bond acceptors (Lipinski definition) is 2. The molecule has 0 aromatic carbocycles. The molecular weight excluding hydrogens is 210 g/mol. The van der Waals surface area contributed by atoms with Gasteiger partial charge in [0.2, 0.25) is 0 Å². The van der Waals surface area contributed by atoms with Crippen molar-refractivity contribution in [3.05, 3.63) is 0 Å². The van der Waals surface area contributed by atoms with Crippen LogP contribution in [-0.2, 0) is 0 Å². The zero-order chi connectivity index (χ0) is 11.9. The molecule has 1 N–H and O–H groups in total. The highest BCUT2D eigenvalue weighted by Gasteiger charge is 2.44. The molecule has 0 spiro atoms. The van der Waals surface area contributed by atoms with Crippen molar-refractivity contribution in [1.29, 1.82) is 0 Å². The number of piperidine rings is 2. The Hall–Kier alpha value is -0.0800. The Bertz CT molecular complexity index is 253. The number of aliphatic hydroxyl groups is 1. The Labute approximate surface area is 105 Å². The fourth-order valence-corrected chi connectivity index (χ4v) is 4.67. The third-order valence-corrected chi connectivity index (χ3v) is 5.60. The first-order valence-electron chi connectivity index (χ1n) is 7.61. The van der Waals surface area contributed by atoms with Gasteiger partial charge in [0.05, 0.1) is 5.60 Å². The summed E-state index contributed by atoms with van der Waals surface area (Å²) < 4.78 is 0. The van der Waals surface area contributed by atoms with Gasteiger partial charge in [-0.25, -0.2) is 0 Å². The molecule has 2 nitrogen and oxygen atoms in total. The van der Waals surface area contributed by atoms with Crippen LogP contribution in [0.15, 0.2) is 0 Å². The van der Waals surface area contributed by atoms with Gasteiger partial charge in [0.1, 0.15) is 0 Å². The van der Waals surface area contributed by atoms with Gasteiger partial charge in [0.25, 0.3) is 0 Å². The van der Waals surface area contributed by atoms with Crippen LogP contribution in [-0.4, -0.2) is 34.7 Å². The van der Waals surface area contributed by atoms with E-state index < -0.39 is 0 Å². The molecule has 1 aliphatic carbocycles. The van der Waals surface area contributed by atoms with E-state index in [1.54, 1.807) is 0 Å². The highest BCUT2D eigenvalue weighted by atomic mass is 16.3. The van der Waals surface area contributed by atoms with E-state index >= 15 is 0 Å². The van der Waals surface area contributed by atoms with Crippen molar-refractivity contribution in [3.63, 3.8) is 0 Å². The summed E-state index contributed by atoms with van der Waals surface area (Å²) in [4.78, 5) is 2.55. The number of nitrogens with zero attached hydrogens (tertiary/aromatic N) is 1. The molecule has 1 saturated carbocycles. The highest BCUT2D eigenvalue weighted by Crippen LogP contribution is 2.43.